The van der Waals surface area contributed by atoms with E-state index in [1.807, 2.05) is 24.3 Å². The fourth-order valence-electron chi connectivity index (χ4n) is 4.93. The summed E-state index contributed by atoms with van der Waals surface area (Å²) in [5.74, 6) is 0.0988. The number of nitrogens with one attached hydrogen (secondary N) is 2. The van der Waals surface area contributed by atoms with Gasteiger partial charge in [0.05, 0.1) is 31.7 Å². The van der Waals surface area contributed by atoms with Crippen molar-refractivity contribution in [2.75, 3.05) is 38.8 Å². The van der Waals surface area contributed by atoms with E-state index >= 15 is 0 Å². The Morgan fingerprint density at radius 3 is 2.38 bits per heavy atom. The Hall–Kier alpha value is -3.89. The molecule has 3 amide bonds. The maximum atomic E-state index is 14.0. The lowest BCUT2D eigenvalue weighted by molar-refractivity contribution is -0.126. The smallest absolute Gasteiger partial charge is 0.261 e. The predicted octanol–water partition coefficient (Wildman–Crippen LogP) is 5.08. The van der Waals surface area contributed by atoms with Gasteiger partial charge < -0.3 is 24.8 Å². The molecular weight excluding hydrogens is 554 g/mol. The van der Waals surface area contributed by atoms with E-state index in [0.717, 1.165) is 24.8 Å². The SMILES string of the molecule is CC[C@H](C)c1ccc(N(C(=O)CNC(=O)c2cccs2)[C@H](C(=O)NC[C@@H]2CCCO2)c2ccc(OC)c(OC)c2)cc1. The van der Waals surface area contributed by atoms with Crippen LogP contribution in [0.2, 0.25) is 0 Å². The van der Waals surface area contributed by atoms with Gasteiger partial charge in [0.25, 0.3) is 5.91 Å². The molecule has 1 fully saturated rings. The molecule has 42 heavy (non-hydrogen) atoms. The number of ether oxygens (including phenoxy) is 3. The lowest BCUT2D eigenvalue weighted by Crippen LogP contribution is -2.48. The third-order valence-corrected chi connectivity index (χ3v) is 8.39. The zero-order chi connectivity index (χ0) is 30.1. The van der Waals surface area contributed by atoms with Crippen LogP contribution < -0.4 is 25.0 Å². The Morgan fingerprint density at radius 2 is 1.76 bits per heavy atom. The molecule has 3 atom stereocenters. The molecule has 0 bridgehead atoms. The molecule has 224 valence electrons. The van der Waals surface area contributed by atoms with Crippen molar-refractivity contribution >= 4 is 34.7 Å². The molecular formula is C32H39N3O6S. The van der Waals surface area contributed by atoms with Crippen LogP contribution in [0.15, 0.2) is 60.0 Å². The molecule has 0 spiro atoms. The van der Waals surface area contributed by atoms with Gasteiger partial charge in [-0.1, -0.05) is 38.1 Å². The second kappa shape index (κ2) is 14.8. The van der Waals surface area contributed by atoms with Gasteiger partial charge in [-0.3, -0.25) is 19.3 Å². The number of hydrogen-bond acceptors (Lipinski definition) is 7. The largest absolute Gasteiger partial charge is 0.493 e. The standard InChI is InChI=1S/C32H39N3O6S/c1-5-21(2)22-10-13-24(14-11-22)35(29(36)20-34-31(37)28-9-7-17-42-28)30(32(38)33-19-25-8-6-16-41-25)23-12-15-26(39-3)27(18-23)40-4/h7,9-15,17-18,21,25,30H,5-6,8,16,19-20H2,1-4H3,(H,33,38)(H,34,37)/t21-,25-,30-/m0/s1. The number of thiophene rings is 1. The summed E-state index contributed by atoms with van der Waals surface area (Å²) in [4.78, 5) is 42.7. The van der Waals surface area contributed by atoms with Crippen LogP contribution in [0.4, 0.5) is 5.69 Å². The average molecular weight is 594 g/mol. The van der Waals surface area contributed by atoms with Crippen molar-refractivity contribution < 1.29 is 28.6 Å². The lowest BCUT2D eigenvalue weighted by atomic mass is 9.97. The van der Waals surface area contributed by atoms with Gasteiger partial charge in [0.2, 0.25) is 11.8 Å². The van der Waals surface area contributed by atoms with E-state index in [0.29, 0.717) is 46.7 Å². The van der Waals surface area contributed by atoms with Crippen LogP contribution in [0.5, 0.6) is 11.5 Å². The van der Waals surface area contributed by atoms with E-state index in [1.165, 1.54) is 30.5 Å². The van der Waals surface area contributed by atoms with Crippen molar-refractivity contribution in [1.82, 2.24) is 10.6 Å². The Morgan fingerprint density at radius 1 is 1.02 bits per heavy atom. The van der Waals surface area contributed by atoms with Gasteiger partial charge in [-0.25, -0.2) is 0 Å². The molecule has 2 heterocycles. The molecule has 2 N–H and O–H groups in total. The highest BCUT2D eigenvalue weighted by Crippen LogP contribution is 2.35. The summed E-state index contributed by atoms with van der Waals surface area (Å²) in [6, 6.07) is 15.2. The van der Waals surface area contributed by atoms with E-state index in [2.05, 4.69) is 24.5 Å². The summed E-state index contributed by atoms with van der Waals surface area (Å²) in [5.41, 5.74) is 2.19. The molecule has 4 rings (SSSR count). The summed E-state index contributed by atoms with van der Waals surface area (Å²) in [6.45, 7) is 4.95. The van der Waals surface area contributed by atoms with Crippen molar-refractivity contribution in [3.63, 3.8) is 0 Å². The van der Waals surface area contributed by atoms with Crippen LogP contribution in [-0.2, 0) is 14.3 Å². The number of benzene rings is 2. The van der Waals surface area contributed by atoms with Gasteiger partial charge in [-0.2, -0.15) is 0 Å². The lowest BCUT2D eigenvalue weighted by Gasteiger charge is -2.32. The molecule has 0 aliphatic carbocycles. The van der Waals surface area contributed by atoms with E-state index in [9.17, 15) is 14.4 Å². The molecule has 3 aromatic rings. The second-order valence-electron chi connectivity index (χ2n) is 10.2. The number of amides is 3. The van der Waals surface area contributed by atoms with Crippen molar-refractivity contribution in [2.45, 2.75) is 51.2 Å². The molecule has 1 saturated heterocycles. The molecule has 9 nitrogen and oxygen atoms in total. The maximum absolute atomic E-state index is 14.0. The number of anilines is 1. The van der Waals surface area contributed by atoms with Crippen LogP contribution >= 0.6 is 11.3 Å². The number of rotatable bonds is 13. The van der Waals surface area contributed by atoms with Crippen LogP contribution in [0.25, 0.3) is 0 Å². The third-order valence-electron chi connectivity index (χ3n) is 7.52. The zero-order valence-electron chi connectivity index (χ0n) is 24.6. The first kappa shape index (κ1) is 31.1. The van der Waals surface area contributed by atoms with Gasteiger partial charge in [0, 0.05) is 18.8 Å². The van der Waals surface area contributed by atoms with Gasteiger partial charge in [-0.15, -0.1) is 11.3 Å². The Kier molecular flexibility index (Phi) is 11.0. The Bertz CT molecular complexity index is 1340. The minimum atomic E-state index is -1.06. The van der Waals surface area contributed by atoms with Gasteiger partial charge >= 0.3 is 0 Å². The summed E-state index contributed by atoms with van der Waals surface area (Å²) in [6.07, 6.45) is 2.69. The molecule has 0 unspecified atom stereocenters. The molecule has 1 aliphatic heterocycles. The Balaban J connectivity index is 1.73. The van der Waals surface area contributed by atoms with Crippen LogP contribution in [0, 0.1) is 0 Å². The van der Waals surface area contributed by atoms with Crippen molar-refractivity contribution in [2.24, 2.45) is 0 Å². The normalized spacial score (nSPS) is 15.9. The van der Waals surface area contributed by atoms with Crippen LogP contribution in [0.3, 0.4) is 0 Å². The summed E-state index contributed by atoms with van der Waals surface area (Å²) in [5, 5.41) is 7.52. The molecule has 2 aromatic carbocycles. The average Bonchev–Trinajstić information content (AvgIpc) is 3.76. The molecule has 1 aliphatic rings. The minimum Gasteiger partial charge on any atom is -0.493 e. The fourth-order valence-corrected chi connectivity index (χ4v) is 5.57. The maximum Gasteiger partial charge on any atom is 0.261 e. The van der Waals surface area contributed by atoms with Crippen LogP contribution in [-0.4, -0.2) is 57.7 Å². The van der Waals surface area contributed by atoms with E-state index < -0.39 is 11.9 Å². The first-order chi connectivity index (χ1) is 20.4. The van der Waals surface area contributed by atoms with E-state index in [1.54, 1.807) is 35.7 Å². The summed E-state index contributed by atoms with van der Waals surface area (Å²) < 4.78 is 16.7. The number of carbonyl (C=O) groups excluding carboxylic acids is 3. The number of nitrogens with zero attached hydrogens (tertiary/aromatic N) is 1. The van der Waals surface area contributed by atoms with Crippen molar-refractivity contribution in [3.8, 4) is 11.5 Å². The third kappa shape index (κ3) is 7.49. The van der Waals surface area contributed by atoms with Gasteiger partial charge in [0.1, 0.15) is 6.04 Å². The fraction of sp³-hybridized carbons (Fsp3) is 0.406. The second-order valence-corrected chi connectivity index (χ2v) is 11.2. The number of hydrogen-bond donors (Lipinski definition) is 2. The quantitative estimate of drug-likeness (QED) is 0.286. The predicted molar refractivity (Wildman–Crippen MR) is 164 cm³/mol. The highest BCUT2D eigenvalue weighted by atomic mass is 32.1. The number of carbonyl (C=O) groups is 3. The summed E-state index contributed by atoms with van der Waals surface area (Å²) in [7, 11) is 3.05. The topological polar surface area (TPSA) is 106 Å². The van der Waals surface area contributed by atoms with Gasteiger partial charge in [-0.05, 0) is 72.0 Å². The van der Waals surface area contributed by atoms with Crippen molar-refractivity contribution in [1.29, 1.82) is 0 Å². The van der Waals surface area contributed by atoms with Crippen LogP contribution in [0.1, 0.15) is 65.9 Å². The van der Waals surface area contributed by atoms with E-state index in [-0.39, 0.29) is 24.5 Å². The molecule has 0 radical (unpaired) electrons. The summed E-state index contributed by atoms with van der Waals surface area (Å²) >= 11 is 1.29. The molecule has 1 aromatic heterocycles. The monoisotopic (exact) mass is 593 g/mol. The van der Waals surface area contributed by atoms with Gasteiger partial charge in [0.15, 0.2) is 11.5 Å². The molecule has 10 heteroatoms. The highest BCUT2D eigenvalue weighted by molar-refractivity contribution is 7.12. The zero-order valence-corrected chi connectivity index (χ0v) is 25.4. The highest BCUT2D eigenvalue weighted by Gasteiger charge is 2.34. The first-order valence-electron chi connectivity index (χ1n) is 14.2. The number of methoxy groups -OCH3 is 2. The van der Waals surface area contributed by atoms with Crippen molar-refractivity contribution in [3.05, 3.63) is 76.0 Å². The van der Waals surface area contributed by atoms with E-state index in [4.69, 9.17) is 14.2 Å². The minimum absolute atomic E-state index is 0.0796. The first-order valence-corrected chi connectivity index (χ1v) is 15.1. The molecule has 0 saturated carbocycles. The Labute approximate surface area is 251 Å².